The quantitative estimate of drug-likeness (QED) is 0.530. The third kappa shape index (κ3) is 4.26. The van der Waals surface area contributed by atoms with Crippen LogP contribution in [0.4, 0.5) is 4.39 Å². The van der Waals surface area contributed by atoms with Crippen molar-refractivity contribution in [2.24, 2.45) is 0 Å². The first-order chi connectivity index (χ1) is 15.1. The fourth-order valence-electron chi connectivity index (χ4n) is 3.80. The molecule has 1 aliphatic rings. The summed E-state index contributed by atoms with van der Waals surface area (Å²) >= 11 is 0. The predicted molar refractivity (Wildman–Crippen MR) is 118 cm³/mol. The van der Waals surface area contributed by atoms with Gasteiger partial charge in [0.1, 0.15) is 11.5 Å². The molecule has 0 N–H and O–H groups in total. The van der Waals surface area contributed by atoms with Gasteiger partial charge in [0.2, 0.25) is 0 Å². The van der Waals surface area contributed by atoms with E-state index in [0.717, 1.165) is 11.1 Å². The highest BCUT2D eigenvalue weighted by atomic mass is 19.1. The number of benzene rings is 3. The van der Waals surface area contributed by atoms with Crippen LogP contribution in [0.2, 0.25) is 0 Å². The molecule has 0 fully saturated rings. The Labute approximate surface area is 181 Å². The third-order valence-corrected chi connectivity index (χ3v) is 5.37. The van der Waals surface area contributed by atoms with E-state index in [2.05, 4.69) is 0 Å². The number of halogens is 1. The summed E-state index contributed by atoms with van der Waals surface area (Å²) in [6, 6.07) is 25.0. The largest absolute Gasteiger partial charge is 0.362 e. The first-order valence-electron chi connectivity index (χ1n) is 10.3. The fourth-order valence-corrected chi connectivity index (χ4v) is 3.80. The zero-order valence-electron chi connectivity index (χ0n) is 17.3. The maximum absolute atomic E-state index is 13.5. The van der Waals surface area contributed by atoms with Crippen molar-refractivity contribution in [3.05, 3.63) is 113 Å². The van der Waals surface area contributed by atoms with Crippen molar-refractivity contribution >= 4 is 17.4 Å². The molecule has 3 aromatic rings. The molecule has 0 saturated heterocycles. The minimum absolute atomic E-state index is 0.190. The molecule has 4 rings (SSSR count). The van der Waals surface area contributed by atoms with E-state index in [1.807, 2.05) is 72.5 Å². The summed E-state index contributed by atoms with van der Waals surface area (Å²) in [5, 5.41) is 0. The molecule has 0 atom stereocenters. The number of amides is 2. The van der Waals surface area contributed by atoms with Crippen molar-refractivity contribution in [3.8, 4) is 0 Å². The van der Waals surface area contributed by atoms with E-state index in [1.54, 1.807) is 12.1 Å². The van der Waals surface area contributed by atoms with Crippen LogP contribution in [0.3, 0.4) is 0 Å². The number of imide groups is 1. The highest BCUT2D eigenvalue weighted by Crippen LogP contribution is 2.33. The molecule has 0 aliphatic carbocycles. The number of carbonyl (C=O) groups excluding carboxylic acids is 2. The lowest BCUT2D eigenvalue weighted by Gasteiger charge is -2.25. The van der Waals surface area contributed by atoms with Gasteiger partial charge in [0.15, 0.2) is 0 Å². The molecule has 1 aliphatic heterocycles. The van der Waals surface area contributed by atoms with Crippen LogP contribution in [-0.2, 0) is 22.7 Å². The summed E-state index contributed by atoms with van der Waals surface area (Å²) in [6.45, 7) is 3.19. The van der Waals surface area contributed by atoms with Crippen molar-refractivity contribution in [3.63, 3.8) is 0 Å². The van der Waals surface area contributed by atoms with Crippen LogP contribution in [0.1, 0.15) is 23.6 Å². The monoisotopic (exact) mass is 414 g/mol. The van der Waals surface area contributed by atoms with Gasteiger partial charge >= 0.3 is 0 Å². The Bertz CT molecular complexity index is 1110. The Balaban J connectivity index is 1.76. The molecule has 156 valence electrons. The lowest BCUT2D eigenvalue weighted by Crippen LogP contribution is -2.34. The van der Waals surface area contributed by atoms with Crippen LogP contribution >= 0.6 is 0 Å². The van der Waals surface area contributed by atoms with Gasteiger partial charge in [-0.2, -0.15) is 0 Å². The molecule has 0 saturated carbocycles. The lowest BCUT2D eigenvalue weighted by molar-refractivity contribution is -0.138. The summed E-state index contributed by atoms with van der Waals surface area (Å²) in [5.41, 5.74) is 3.13. The zero-order valence-corrected chi connectivity index (χ0v) is 17.3. The van der Waals surface area contributed by atoms with E-state index in [4.69, 9.17) is 0 Å². The SMILES string of the molecule is CCN(Cc1ccccc1)C1=C(c2ccc(F)cc2)C(=O)N(Cc2ccccc2)C1=O. The number of carbonyl (C=O) groups is 2. The molecule has 0 bridgehead atoms. The number of nitrogens with zero attached hydrogens (tertiary/aromatic N) is 2. The summed E-state index contributed by atoms with van der Waals surface area (Å²) < 4.78 is 13.5. The average Bonchev–Trinajstić information content (AvgIpc) is 3.04. The number of rotatable bonds is 7. The van der Waals surface area contributed by atoms with Crippen LogP contribution in [0.25, 0.3) is 5.57 Å². The maximum atomic E-state index is 13.5. The van der Waals surface area contributed by atoms with Gasteiger partial charge in [0.05, 0.1) is 12.1 Å². The fraction of sp³-hybridized carbons (Fsp3) is 0.154. The van der Waals surface area contributed by atoms with E-state index >= 15 is 0 Å². The van der Waals surface area contributed by atoms with Gasteiger partial charge in [0, 0.05) is 13.1 Å². The van der Waals surface area contributed by atoms with Crippen molar-refractivity contribution in [2.45, 2.75) is 20.0 Å². The molecule has 4 nitrogen and oxygen atoms in total. The highest BCUT2D eigenvalue weighted by molar-refractivity contribution is 6.35. The van der Waals surface area contributed by atoms with Crippen LogP contribution < -0.4 is 0 Å². The highest BCUT2D eigenvalue weighted by Gasteiger charge is 2.41. The Morgan fingerprint density at radius 3 is 1.94 bits per heavy atom. The van der Waals surface area contributed by atoms with Gasteiger partial charge in [0.25, 0.3) is 11.8 Å². The van der Waals surface area contributed by atoms with Crippen LogP contribution in [0.5, 0.6) is 0 Å². The van der Waals surface area contributed by atoms with Gasteiger partial charge in [-0.25, -0.2) is 4.39 Å². The first-order valence-corrected chi connectivity index (χ1v) is 10.3. The summed E-state index contributed by atoms with van der Waals surface area (Å²) in [5.74, 6) is -1.08. The number of hydrogen-bond donors (Lipinski definition) is 0. The average molecular weight is 414 g/mol. The Kier molecular flexibility index (Phi) is 5.94. The summed E-state index contributed by atoms with van der Waals surface area (Å²) in [4.78, 5) is 30.1. The van der Waals surface area contributed by atoms with E-state index in [0.29, 0.717) is 29.9 Å². The van der Waals surface area contributed by atoms with Crippen molar-refractivity contribution < 1.29 is 14.0 Å². The van der Waals surface area contributed by atoms with Crippen molar-refractivity contribution in [1.29, 1.82) is 0 Å². The Morgan fingerprint density at radius 1 is 0.774 bits per heavy atom. The number of hydrogen-bond acceptors (Lipinski definition) is 3. The second-order valence-corrected chi connectivity index (χ2v) is 7.41. The van der Waals surface area contributed by atoms with Crippen LogP contribution in [0.15, 0.2) is 90.6 Å². The molecule has 0 aromatic heterocycles. The van der Waals surface area contributed by atoms with E-state index in [1.165, 1.54) is 17.0 Å². The molecular weight excluding hydrogens is 391 g/mol. The van der Waals surface area contributed by atoms with Crippen molar-refractivity contribution in [1.82, 2.24) is 9.80 Å². The van der Waals surface area contributed by atoms with E-state index in [-0.39, 0.29) is 24.2 Å². The van der Waals surface area contributed by atoms with Crippen LogP contribution in [-0.4, -0.2) is 28.2 Å². The minimum atomic E-state index is -0.388. The minimum Gasteiger partial charge on any atom is -0.362 e. The maximum Gasteiger partial charge on any atom is 0.278 e. The molecule has 1 heterocycles. The zero-order chi connectivity index (χ0) is 21.8. The van der Waals surface area contributed by atoms with Crippen LogP contribution in [0, 0.1) is 5.82 Å². The van der Waals surface area contributed by atoms with E-state index in [9.17, 15) is 14.0 Å². The Morgan fingerprint density at radius 2 is 1.35 bits per heavy atom. The predicted octanol–water partition coefficient (Wildman–Crippen LogP) is 4.63. The third-order valence-electron chi connectivity index (χ3n) is 5.37. The molecular formula is C26H23FN2O2. The molecule has 2 amide bonds. The lowest BCUT2D eigenvalue weighted by atomic mass is 10.0. The molecule has 3 aromatic carbocycles. The van der Waals surface area contributed by atoms with Gasteiger partial charge in [-0.05, 0) is 35.7 Å². The second-order valence-electron chi connectivity index (χ2n) is 7.41. The molecule has 0 unspecified atom stereocenters. The van der Waals surface area contributed by atoms with Gasteiger partial charge < -0.3 is 4.90 Å². The normalized spacial score (nSPS) is 13.8. The topological polar surface area (TPSA) is 40.6 Å². The standard InChI is InChI=1S/C26H23FN2O2/c1-2-28(17-19-9-5-3-6-10-19)24-23(21-13-15-22(27)16-14-21)25(30)29(26(24)31)18-20-11-7-4-8-12-20/h3-16H,2,17-18H2,1H3. The summed E-state index contributed by atoms with van der Waals surface area (Å²) in [6.07, 6.45) is 0. The van der Waals surface area contributed by atoms with Crippen molar-refractivity contribution in [2.75, 3.05) is 6.54 Å². The van der Waals surface area contributed by atoms with E-state index < -0.39 is 0 Å². The van der Waals surface area contributed by atoms with Gasteiger partial charge in [-0.15, -0.1) is 0 Å². The summed E-state index contributed by atoms with van der Waals surface area (Å²) in [7, 11) is 0. The van der Waals surface area contributed by atoms with Gasteiger partial charge in [-0.3, -0.25) is 14.5 Å². The smallest absolute Gasteiger partial charge is 0.278 e. The molecule has 5 heteroatoms. The molecule has 0 spiro atoms. The second kappa shape index (κ2) is 8.96. The Hall–Kier alpha value is -3.73. The molecule has 31 heavy (non-hydrogen) atoms. The van der Waals surface area contributed by atoms with Gasteiger partial charge in [-0.1, -0.05) is 72.8 Å². The number of likely N-dealkylation sites (N-methyl/N-ethyl adjacent to an activating group) is 1. The molecule has 0 radical (unpaired) electrons. The first kappa shape index (κ1) is 20.5.